The highest BCUT2D eigenvalue weighted by atomic mass is 16.5. The maximum Gasteiger partial charge on any atom is 0.305 e. The molecule has 6 nitrogen and oxygen atoms in total. The Hall–Kier alpha value is -1.66. The molecule has 0 aliphatic heterocycles. The molecule has 1 amide bonds. The van der Waals surface area contributed by atoms with Gasteiger partial charge in [0, 0.05) is 12.8 Å². The van der Waals surface area contributed by atoms with E-state index in [9.17, 15) is 19.8 Å². The van der Waals surface area contributed by atoms with E-state index in [1.54, 1.807) is 0 Å². The van der Waals surface area contributed by atoms with Crippen LogP contribution in [0.3, 0.4) is 0 Å². The Morgan fingerprint density at radius 3 is 0.889 bits per heavy atom. The van der Waals surface area contributed by atoms with Crippen molar-refractivity contribution in [3.05, 3.63) is 24.3 Å². The van der Waals surface area contributed by atoms with Crippen molar-refractivity contribution in [2.45, 2.75) is 431 Å². The SMILES string of the molecule is CCCCCC/C=C\CCCCCCCC(=O)OCCCCCCCCCCCCCC/C=C\CCCCCCCCCCCCCCCC(=O)NC(CO)C(O)CCCCCCCCCCCCCCCCCCCCCCCC. The monoisotopic (exact) mass is 1140 g/mol. The molecule has 0 saturated heterocycles. The average Bonchev–Trinajstić information content (AvgIpc) is 3.47. The summed E-state index contributed by atoms with van der Waals surface area (Å²) in [6, 6.07) is -0.542. The topological polar surface area (TPSA) is 95.9 Å². The second-order valence-corrected chi connectivity index (χ2v) is 25.6. The van der Waals surface area contributed by atoms with Gasteiger partial charge in [-0.2, -0.15) is 0 Å². The lowest BCUT2D eigenvalue weighted by atomic mass is 10.0. The standard InChI is InChI=1S/C75H145NO5/c1-3-5-7-9-11-13-15-17-18-19-20-21-31-34-37-40-44-47-51-55-59-63-67-73(78)72(71-77)76-74(79)68-64-60-56-52-48-45-41-38-35-32-29-27-25-23-22-24-26-28-30-33-36-39-42-46-50-54-58-62-66-70-81-75(80)69-65-61-57-53-49-43-16-14-12-10-8-6-4-2/h14,16,22,24,72-73,77-78H,3-13,15,17-21,23,25-71H2,1-2H3,(H,76,79)/b16-14-,24-22-. The van der Waals surface area contributed by atoms with Crippen LogP contribution in [0.25, 0.3) is 0 Å². The maximum atomic E-state index is 12.6. The summed E-state index contributed by atoms with van der Waals surface area (Å²) in [5.74, 6) is -0.0212. The van der Waals surface area contributed by atoms with Crippen LogP contribution in [0.4, 0.5) is 0 Å². The Balaban J connectivity index is 3.37. The van der Waals surface area contributed by atoms with E-state index < -0.39 is 12.1 Å². The highest BCUT2D eigenvalue weighted by Gasteiger charge is 2.20. The number of hydrogen-bond acceptors (Lipinski definition) is 5. The average molecular weight is 1140 g/mol. The highest BCUT2D eigenvalue weighted by molar-refractivity contribution is 5.76. The molecule has 2 atom stereocenters. The first-order valence-corrected chi connectivity index (χ1v) is 37.1. The number of unbranched alkanes of at least 4 members (excludes halogenated alkanes) is 55. The Labute approximate surface area is 507 Å². The van der Waals surface area contributed by atoms with Crippen LogP contribution in [-0.2, 0) is 14.3 Å². The molecule has 480 valence electrons. The van der Waals surface area contributed by atoms with Gasteiger partial charge in [0.15, 0.2) is 0 Å². The summed E-state index contributed by atoms with van der Waals surface area (Å²) < 4.78 is 5.48. The molecule has 0 aromatic carbocycles. The number of ether oxygens (including phenoxy) is 1. The number of carbonyl (C=O) groups is 2. The van der Waals surface area contributed by atoms with Crippen molar-refractivity contribution in [1.29, 1.82) is 0 Å². The number of hydrogen-bond donors (Lipinski definition) is 3. The van der Waals surface area contributed by atoms with Crippen LogP contribution in [0.2, 0.25) is 0 Å². The van der Waals surface area contributed by atoms with Crippen molar-refractivity contribution in [1.82, 2.24) is 5.32 Å². The normalized spacial score (nSPS) is 12.6. The van der Waals surface area contributed by atoms with Crippen molar-refractivity contribution >= 4 is 11.9 Å². The van der Waals surface area contributed by atoms with Crippen LogP contribution in [0.5, 0.6) is 0 Å². The third-order valence-electron chi connectivity index (χ3n) is 17.5. The van der Waals surface area contributed by atoms with Gasteiger partial charge in [0.1, 0.15) is 0 Å². The van der Waals surface area contributed by atoms with E-state index in [0.29, 0.717) is 25.9 Å². The molecule has 81 heavy (non-hydrogen) atoms. The summed E-state index contributed by atoms with van der Waals surface area (Å²) in [6.45, 7) is 4.98. The van der Waals surface area contributed by atoms with Gasteiger partial charge >= 0.3 is 5.97 Å². The predicted molar refractivity (Wildman–Crippen MR) is 356 cm³/mol. The zero-order valence-corrected chi connectivity index (χ0v) is 55.0. The molecule has 2 unspecified atom stereocenters. The molecule has 0 heterocycles. The van der Waals surface area contributed by atoms with Gasteiger partial charge in [0.2, 0.25) is 5.91 Å². The minimum absolute atomic E-state index is 0.00803. The molecule has 0 aliphatic rings. The molecule has 0 radical (unpaired) electrons. The third kappa shape index (κ3) is 67.3. The molecular weight excluding hydrogens is 995 g/mol. The molecule has 0 aromatic rings. The van der Waals surface area contributed by atoms with E-state index in [-0.39, 0.29) is 18.5 Å². The Morgan fingerprint density at radius 2 is 0.580 bits per heavy atom. The van der Waals surface area contributed by atoms with Crippen LogP contribution >= 0.6 is 0 Å². The lowest BCUT2D eigenvalue weighted by Crippen LogP contribution is -2.45. The van der Waals surface area contributed by atoms with E-state index in [1.165, 1.54) is 340 Å². The van der Waals surface area contributed by atoms with Gasteiger partial charge in [-0.25, -0.2) is 0 Å². The molecule has 0 fully saturated rings. The molecule has 0 saturated carbocycles. The van der Waals surface area contributed by atoms with Crippen molar-refractivity contribution in [3.63, 3.8) is 0 Å². The first kappa shape index (κ1) is 79.3. The summed E-state index contributed by atoms with van der Waals surface area (Å²) >= 11 is 0. The second kappa shape index (κ2) is 70.8. The van der Waals surface area contributed by atoms with Gasteiger partial charge in [0.25, 0.3) is 0 Å². The van der Waals surface area contributed by atoms with Gasteiger partial charge in [-0.1, -0.05) is 353 Å². The summed E-state index contributed by atoms with van der Waals surface area (Å²) in [4.78, 5) is 24.6. The van der Waals surface area contributed by atoms with E-state index in [0.717, 1.165) is 44.9 Å². The van der Waals surface area contributed by atoms with Crippen molar-refractivity contribution in [2.24, 2.45) is 0 Å². The number of rotatable bonds is 70. The molecule has 6 heteroatoms. The zero-order valence-electron chi connectivity index (χ0n) is 55.0. The van der Waals surface area contributed by atoms with Crippen molar-refractivity contribution < 1.29 is 24.5 Å². The molecule has 3 N–H and O–H groups in total. The fourth-order valence-corrected chi connectivity index (χ4v) is 11.8. The summed E-state index contributed by atoms with van der Waals surface area (Å²) in [5.41, 5.74) is 0. The third-order valence-corrected chi connectivity index (χ3v) is 17.5. The number of esters is 1. The Bertz CT molecular complexity index is 1270. The summed E-state index contributed by atoms with van der Waals surface area (Å²) in [5, 5.41) is 23.4. The maximum absolute atomic E-state index is 12.6. The van der Waals surface area contributed by atoms with Crippen molar-refractivity contribution in [3.8, 4) is 0 Å². The van der Waals surface area contributed by atoms with E-state index in [1.807, 2.05) is 0 Å². The lowest BCUT2D eigenvalue weighted by Gasteiger charge is -2.22. The Morgan fingerprint density at radius 1 is 0.333 bits per heavy atom. The molecule has 0 aliphatic carbocycles. The van der Waals surface area contributed by atoms with Gasteiger partial charge in [-0.05, 0) is 77.0 Å². The minimum atomic E-state index is -0.665. The van der Waals surface area contributed by atoms with Crippen LogP contribution in [0.1, 0.15) is 418 Å². The van der Waals surface area contributed by atoms with Gasteiger partial charge in [-0.3, -0.25) is 9.59 Å². The Kier molecular flexibility index (Phi) is 69.4. The molecule has 0 rings (SSSR count). The highest BCUT2D eigenvalue weighted by Crippen LogP contribution is 2.19. The molecule has 0 bridgehead atoms. The second-order valence-electron chi connectivity index (χ2n) is 25.6. The molecule has 0 aromatic heterocycles. The summed E-state index contributed by atoms with van der Waals surface area (Å²) in [7, 11) is 0. The van der Waals surface area contributed by atoms with Crippen LogP contribution in [0.15, 0.2) is 24.3 Å². The van der Waals surface area contributed by atoms with Gasteiger partial charge in [-0.15, -0.1) is 0 Å². The smallest absolute Gasteiger partial charge is 0.305 e. The quantitative estimate of drug-likeness (QED) is 0.0320. The number of allylic oxidation sites excluding steroid dienone is 4. The number of nitrogens with one attached hydrogen (secondary N) is 1. The lowest BCUT2D eigenvalue weighted by molar-refractivity contribution is -0.143. The first-order chi connectivity index (χ1) is 40.0. The molecular formula is C75H145NO5. The van der Waals surface area contributed by atoms with Gasteiger partial charge in [0.05, 0.1) is 25.4 Å². The van der Waals surface area contributed by atoms with Crippen molar-refractivity contribution in [2.75, 3.05) is 13.2 Å². The number of amides is 1. The number of carbonyl (C=O) groups excluding carboxylic acids is 2. The fourth-order valence-electron chi connectivity index (χ4n) is 11.8. The van der Waals surface area contributed by atoms with E-state index in [2.05, 4.69) is 43.5 Å². The minimum Gasteiger partial charge on any atom is -0.466 e. The number of aliphatic hydroxyl groups excluding tert-OH is 2. The fraction of sp³-hybridized carbons (Fsp3) is 0.920. The van der Waals surface area contributed by atoms with Crippen LogP contribution in [0, 0.1) is 0 Å². The van der Waals surface area contributed by atoms with Gasteiger partial charge < -0.3 is 20.3 Å². The summed E-state index contributed by atoms with van der Waals surface area (Å²) in [6.07, 6.45) is 89.6. The predicted octanol–water partition coefficient (Wildman–Crippen LogP) is 24.1. The number of aliphatic hydroxyl groups is 2. The van der Waals surface area contributed by atoms with E-state index >= 15 is 0 Å². The first-order valence-electron chi connectivity index (χ1n) is 37.1. The van der Waals surface area contributed by atoms with E-state index in [4.69, 9.17) is 4.74 Å². The zero-order chi connectivity index (χ0) is 58.5. The van der Waals surface area contributed by atoms with Crippen LogP contribution < -0.4 is 5.32 Å². The largest absolute Gasteiger partial charge is 0.466 e. The molecule has 0 spiro atoms. The van der Waals surface area contributed by atoms with Crippen LogP contribution in [-0.4, -0.2) is 47.4 Å².